The van der Waals surface area contributed by atoms with Gasteiger partial charge in [0.05, 0.1) is 5.00 Å². The molecule has 1 aromatic heterocycles. The average Bonchev–Trinajstić information content (AvgIpc) is 2.86. The molecule has 5 heteroatoms. The second-order valence-electron chi connectivity index (χ2n) is 3.76. The molecule has 4 nitrogen and oxygen atoms in total. The first-order chi connectivity index (χ1) is 7.27. The summed E-state index contributed by atoms with van der Waals surface area (Å²) in [7, 11) is 0. The monoisotopic (exact) mass is 222 g/mol. The molecule has 2 fully saturated rings. The summed E-state index contributed by atoms with van der Waals surface area (Å²) in [4.78, 5) is 26.7. The summed E-state index contributed by atoms with van der Waals surface area (Å²) >= 11 is 1.54. The molecular formula is C10H10N2O2S. The zero-order valence-electron chi connectivity index (χ0n) is 8.05. The van der Waals surface area contributed by atoms with Gasteiger partial charge in [-0.2, -0.15) is 0 Å². The molecule has 78 valence electrons. The average molecular weight is 222 g/mol. The summed E-state index contributed by atoms with van der Waals surface area (Å²) in [6.45, 7) is 0.251. The van der Waals surface area contributed by atoms with Gasteiger partial charge in [-0.3, -0.25) is 14.5 Å². The molecule has 0 N–H and O–H groups in total. The fraction of sp³-hybridized carbons (Fsp3) is 0.400. The lowest BCUT2D eigenvalue weighted by molar-refractivity contribution is -0.129. The van der Waals surface area contributed by atoms with Gasteiger partial charge >= 0.3 is 0 Å². The van der Waals surface area contributed by atoms with E-state index >= 15 is 0 Å². The molecule has 0 aliphatic carbocycles. The molecule has 3 heterocycles. The van der Waals surface area contributed by atoms with Crippen molar-refractivity contribution in [2.45, 2.75) is 19.0 Å². The van der Waals surface area contributed by atoms with Crippen molar-refractivity contribution >= 4 is 28.2 Å². The summed E-state index contributed by atoms with van der Waals surface area (Å²) < 4.78 is 0. The van der Waals surface area contributed by atoms with Crippen LogP contribution in [0.15, 0.2) is 17.5 Å². The molecule has 2 aliphatic rings. The molecule has 0 bridgehead atoms. The highest BCUT2D eigenvalue weighted by Gasteiger charge is 2.45. The largest absolute Gasteiger partial charge is 0.312 e. The minimum Gasteiger partial charge on any atom is -0.312 e. The first-order valence-corrected chi connectivity index (χ1v) is 5.80. The van der Waals surface area contributed by atoms with Gasteiger partial charge in [0.25, 0.3) is 0 Å². The highest BCUT2D eigenvalue weighted by Crippen LogP contribution is 2.34. The Morgan fingerprint density at radius 2 is 2.20 bits per heavy atom. The maximum Gasteiger partial charge on any atom is 0.249 e. The number of hydrogen-bond acceptors (Lipinski definition) is 3. The highest BCUT2D eigenvalue weighted by atomic mass is 32.1. The van der Waals surface area contributed by atoms with Gasteiger partial charge in [0.2, 0.25) is 11.8 Å². The molecule has 0 saturated carbocycles. The molecule has 3 rings (SSSR count). The number of nitrogens with zero attached hydrogens (tertiary/aromatic N) is 2. The molecule has 0 aromatic carbocycles. The lowest BCUT2D eigenvalue weighted by atomic mass is 10.3. The number of anilines is 1. The highest BCUT2D eigenvalue weighted by molar-refractivity contribution is 7.14. The fourth-order valence-electron chi connectivity index (χ4n) is 2.25. The Bertz CT molecular complexity index is 415. The number of hydrogen-bond donors (Lipinski definition) is 0. The van der Waals surface area contributed by atoms with E-state index in [1.165, 1.54) is 0 Å². The third-order valence-electron chi connectivity index (χ3n) is 2.91. The van der Waals surface area contributed by atoms with Crippen molar-refractivity contribution in [3.8, 4) is 0 Å². The zero-order chi connectivity index (χ0) is 10.4. The number of thiophene rings is 1. The van der Waals surface area contributed by atoms with Crippen LogP contribution < -0.4 is 4.90 Å². The van der Waals surface area contributed by atoms with E-state index in [1.54, 1.807) is 21.1 Å². The third kappa shape index (κ3) is 1.19. The van der Waals surface area contributed by atoms with Crippen LogP contribution in [-0.2, 0) is 9.59 Å². The first kappa shape index (κ1) is 8.91. The van der Waals surface area contributed by atoms with E-state index in [-0.39, 0.29) is 24.5 Å². The van der Waals surface area contributed by atoms with Crippen LogP contribution >= 0.6 is 11.3 Å². The SMILES string of the molecule is O=C1CCC2N1CC(=O)N2c1cccs1. The van der Waals surface area contributed by atoms with E-state index in [2.05, 4.69) is 0 Å². The summed E-state index contributed by atoms with van der Waals surface area (Å²) in [5.74, 6) is 0.142. The molecule has 2 amide bonds. The van der Waals surface area contributed by atoms with Crippen LogP contribution in [0.5, 0.6) is 0 Å². The van der Waals surface area contributed by atoms with E-state index in [1.807, 2.05) is 17.5 Å². The van der Waals surface area contributed by atoms with Gasteiger partial charge in [-0.1, -0.05) is 0 Å². The number of fused-ring (bicyclic) bond motifs is 1. The van der Waals surface area contributed by atoms with Crippen LogP contribution in [0.4, 0.5) is 5.00 Å². The van der Waals surface area contributed by atoms with E-state index in [0.717, 1.165) is 11.4 Å². The Kier molecular flexibility index (Phi) is 1.82. The Morgan fingerprint density at radius 3 is 2.93 bits per heavy atom. The van der Waals surface area contributed by atoms with Crippen LogP contribution in [0.2, 0.25) is 0 Å². The second kappa shape index (κ2) is 3.06. The maximum absolute atomic E-state index is 11.8. The van der Waals surface area contributed by atoms with Crippen molar-refractivity contribution in [2.24, 2.45) is 0 Å². The van der Waals surface area contributed by atoms with E-state index in [9.17, 15) is 9.59 Å². The molecule has 1 atom stereocenters. The maximum atomic E-state index is 11.8. The molecular weight excluding hydrogens is 212 g/mol. The quantitative estimate of drug-likeness (QED) is 0.712. The van der Waals surface area contributed by atoms with Crippen LogP contribution in [0.25, 0.3) is 0 Å². The number of carbonyl (C=O) groups excluding carboxylic acids is 2. The lowest BCUT2D eigenvalue weighted by Gasteiger charge is -2.22. The van der Waals surface area contributed by atoms with Crippen molar-refractivity contribution in [3.63, 3.8) is 0 Å². The second-order valence-corrected chi connectivity index (χ2v) is 4.68. The van der Waals surface area contributed by atoms with Gasteiger partial charge < -0.3 is 4.90 Å². The predicted molar refractivity (Wildman–Crippen MR) is 56.5 cm³/mol. The minimum atomic E-state index is -0.0244. The van der Waals surface area contributed by atoms with Crippen molar-refractivity contribution < 1.29 is 9.59 Å². The molecule has 1 aromatic rings. The van der Waals surface area contributed by atoms with Crippen LogP contribution in [-0.4, -0.2) is 29.4 Å². The lowest BCUT2D eigenvalue weighted by Crippen LogP contribution is -2.36. The summed E-state index contributed by atoms with van der Waals surface area (Å²) in [5.41, 5.74) is 0. The smallest absolute Gasteiger partial charge is 0.249 e. The van der Waals surface area contributed by atoms with Gasteiger partial charge in [-0.15, -0.1) is 11.3 Å². The number of amides is 2. The van der Waals surface area contributed by atoms with Crippen LogP contribution in [0.3, 0.4) is 0 Å². The van der Waals surface area contributed by atoms with Crippen LogP contribution in [0.1, 0.15) is 12.8 Å². The van der Waals surface area contributed by atoms with Crippen molar-refractivity contribution in [2.75, 3.05) is 11.4 Å². The Balaban J connectivity index is 1.96. The van der Waals surface area contributed by atoms with Crippen molar-refractivity contribution in [3.05, 3.63) is 17.5 Å². The van der Waals surface area contributed by atoms with Gasteiger partial charge in [-0.25, -0.2) is 0 Å². The molecule has 2 saturated heterocycles. The molecule has 1 unspecified atom stereocenters. The predicted octanol–water partition coefficient (Wildman–Crippen LogP) is 1.04. The molecule has 2 aliphatic heterocycles. The van der Waals surface area contributed by atoms with Crippen molar-refractivity contribution in [1.29, 1.82) is 0 Å². The molecule has 0 spiro atoms. The van der Waals surface area contributed by atoms with Crippen LogP contribution in [0, 0.1) is 0 Å². The van der Waals surface area contributed by atoms with Gasteiger partial charge in [0, 0.05) is 6.42 Å². The Hall–Kier alpha value is -1.36. The summed E-state index contributed by atoms with van der Waals surface area (Å²) in [6, 6.07) is 3.85. The number of rotatable bonds is 1. The summed E-state index contributed by atoms with van der Waals surface area (Å²) in [5, 5.41) is 2.89. The van der Waals surface area contributed by atoms with Gasteiger partial charge in [-0.05, 0) is 23.9 Å². The summed E-state index contributed by atoms with van der Waals surface area (Å²) in [6.07, 6.45) is 1.31. The van der Waals surface area contributed by atoms with Crippen molar-refractivity contribution in [1.82, 2.24) is 4.90 Å². The zero-order valence-corrected chi connectivity index (χ0v) is 8.87. The Labute approximate surface area is 91.1 Å². The van der Waals surface area contributed by atoms with Gasteiger partial charge in [0.15, 0.2) is 0 Å². The Morgan fingerprint density at radius 1 is 1.33 bits per heavy atom. The molecule has 15 heavy (non-hydrogen) atoms. The van der Waals surface area contributed by atoms with Gasteiger partial charge in [0.1, 0.15) is 12.7 Å². The third-order valence-corrected chi connectivity index (χ3v) is 3.78. The molecule has 0 radical (unpaired) electrons. The topological polar surface area (TPSA) is 40.6 Å². The normalized spacial score (nSPS) is 25.2. The standard InChI is InChI=1S/C10H10N2O2S/c13-8-4-3-7-11(8)6-9(14)12(7)10-2-1-5-15-10/h1-2,5,7H,3-4,6H2. The minimum absolute atomic E-state index is 0.0244. The first-order valence-electron chi connectivity index (χ1n) is 4.92. The van der Waals surface area contributed by atoms with E-state index < -0.39 is 0 Å². The fourth-order valence-corrected chi connectivity index (χ4v) is 3.04. The van der Waals surface area contributed by atoms with E-state index in [0.29, 0.717) is 6.42 Å². The number of carbonyl (C=O) groups is 2. The van der Waals surface area contributed by atoms with E-state index in [4.69, 9.17) is 0 Å².